The maximum Gasteiger partial charge on any atom is 0.229 e. The molecule has 0 unspecified atom stereocenters. The van der Waals surface area contributed by atoms with Crippen molar-refractivity contribution >= 4 is 22.6 Å². The largest absolute Gasteiger partial charge is 0.361 e. The van der Waals surface area contributed by atoms with Crippen LogP contribution in [0.5, 0.6) is 0 Å². The summed E-state index contributed by atoms with van der Waals surface area (Å²) < 4.78 is 1.63. The third-order valence-corrected chi connectivity index (χ3v) is 3.07. The predicted octanol–water partition coefficient (Wildman–Crippen LogP) is 2.08. The second-order valence-electron chi connectivity index (χ2n) is 4.46. The second kappa shape index (κ2) is 4.61. The molecule has 1 amide bonds. The van der Waals surface area contributed by atoms with Crippen LogP contribution in [-0.2, 0) is 18.3 Å². The summed E-state index contributed by atoms with van der Waals surface area (Å²) in [5, 5.41) is 7.99. The Hall–Kier alpha value is -2.56. The molecule has 19 heavy (non-hydrogen) atoms. The monoisotopic (exact) mass is 254 g/mol. The van der Waals surface area contributed by atoms with E-state index in [1.54, 1.807) is 24.0 Å². The number of aromatic amines is 1. The lowest BCUT2D eigenvalue weighted by Crippen LogP contribution is -2.16. The minimum atomic E-state index is -0.0468. The van der Waals surface area contributed by atoms with Crippen molar-refractivity contribution in [2.24, 2.45) is 7.05 Å². The van der Waals surface area contributed by atoms with Gasteiger partial charge >= 0.3 is 0 Å². The molecule has 0 radical (unpaired) electrons. The first kappa shape index (κ1) is 11.5. The fourth-order valence-electron chi connectivity index (χ4n) is 2.07. The van der Waals surface area contributed by atoms with Crippen LogP contribution in [0, 0.1) is 0 Å². The average Bonchev–Trinajstić information content (AvgIpc) is 2.98. The van der Waals surface area contributed by atoms with Gasteiger partial charge in [-0.15, -0.1) is 0 Å². The SMILES string of the molecule is Cn1nccc1NC(=O)Cc1ccc2cc[nH]c2c1. The van der Waals surface area contributed by atoms with Crippen molar-refractivity contribution in [1.82, 2.24) is 14.8 Å². The van der Waals surface area contributed by atoms with Crippen LogP contribution in [-0.4, -0.2) is 20.7 Å². The number of hydrogen-bond acceptors (Lipinski definition) is 2. The highest BCUT2D eigenvalue weighted by molar-refractivity contribution is 5.92. The number of nitrogens with zero attached hydrogens (tertiary/aromatic N) is 2. The van der Waals surface area contributed by atoms with E-state index in [2.05, 4.69) is 15.4 Å². The normalized spacial score (nSPS) is 10.8. The maximum atomic E-state index is 11.9. The Balaban J connectivity index is 1.73. The van der Waals surface area contributed by atoms with Crippen LogP contribution < -0.4 is 5.32 Å². The molecule has 0 aliphatic rings. The van der Waals surface area contributed by atoms with E-state index in [-0.39, 0.29) is 5.91 Å². The fraction of sp³-hybridized carbons (Fsp3) is 0.143. The lowest BCUT2D eigenvalue weighted by molar-refractivity contribution is -0.115. The molecule has 0 saturated heterocycles. The number of hydrogen-bond donors (Lipinski definition) is 2. The van der Waals surface area contributed by atoms with Gasteiger partial charge in [0.2, 0.25) is 5.91 Å². The van der Waals surface area contributed by atoms with E-state index in [4.69, 9.17) is 0 Å². The molecule has 0 atom stereocenters. The summed E-state index contributed by atoms with van der Waals surface area (Å²) in [4.78, 5) is 15.1. The van der Waals surface area contributed by atoms with Crippen LogP contribution in [0.4, 0.5) is 5.82 Å². The zero-order valence-electron chi connectivity index (χ0n) is 10.6. The molecule has 0 bridgehead atoms. The Morgan fingerprint density at radius 1 is 1.37 bits per heavy atom. The Morgan fingerprint density at radius 3 is 3.05 bits per heavy atom. The summed E-state index contributed by atoms with van der Waals surface area (Å²) in [6, 6.07) is 9.76. The number of carbonyl (C=O) groups is 1. The molecule has 2 heterocycles. The number of anilines is 1. The fourth-order valence-corrected chi connectivity index (χ4v) is 2.07. The summed E-state index contributed by atoms with van der Waals surface area (Å²) in [6.07, 6.45) is 3.89. The van der Waals surface area contributed by atoms with Gasteiger partial charge in [0, 0.05) is 24.8 Å². The molecule has 0 fully saturated rings. The zero-order valence-corrected chi connectivity index (χ0v) is 10.6. The average molecular weight is 254 g/mol. The lowest BCUT2D eigenvalue weighted by Gasteiger charge is -2.05. The molecule has 0 aliphatic carbocycles. The van der Waals surface area contributed by atoms with E-state index in [0.29, 0.717) is 12.2 Å². The first-order chi connectivity index (χ1) is 9.22. The molecule has 3 aromatic rings. The van der Waals surface area contributed by atoms with E-state index in [9.17, 15) is 4.79 Å². The standard InChI is InChI=1S/C14H14N4O/c1-18-13(5-7-16-18)17-14(19)9-10-2-3-11-4-6-15-12(11)8-10/h2-8,15H,9H2,1H3,(H,17,19). The Kier molecular flexibility index (Phi) is 2.79. The van der Waals surface area contributed by atoms with Crippen LogP contribution in [0.3, 0.4) is 0 Å². The van der Waals surface area contributed by atoms with Gasteiger partial charge in [0.1, 0.15) is 5.82 Å². The second-order valence-corrected chi connectivity index (χ2v) is 4.46. The van der Waals surface area contributed by atoms with Crippen LogP contribution in [0.1, 0.15) is 5.56 Å². The third-order valence-electron chi connectivity index (χ3n) is 3.07. The number of amides is 1. The van der Waals surface area contributed by atoms with Crippen molar-refractivity contribution in [3.8, 4) is 0 Å². The van der Waals surface area contributed by atoms with Crippen molar-refractivity contribution in [3.05, 3.63) is 48.3 Å². The summed E-state index contributed by atoms with van der Waals surface area (Å²) in [5.41, 5.74) is 2.03. The smallest absolute Gasteiger partial charge is 0.229 e. The molecule has 2 N–H and O–H groups in total. The number of rotatable bonds is 3. The number of aromatic nitrogens is 3. The van der Waals surface area contributed by atoms with Crippen LogP contribution in [0.2, 0.25) is 0 Å². The van der Waals surface area contributed by atoms with Crippen LogP contribution in [0.25, 0.3) is 10.9 Å². The minimum Gasteiger partial charge on any atom is -0.361 e. The molecule has 2 aromatic heterocycles. The van der Waals surface area contributed by atoms with Gasteiger partial charge in [-0.25, -0.2) is 0 Å². The summed E-state index contributed by atoms with van der Waals surface area (Å²) in [6.45, 7) is 0. The number of carbonyl (C=O) groups excluding carboxylic acids is 1. The Labute approximate surface area is 110 Å². The van der Waals surface area contributed by atoms with E-state index in [0.717, 1.165) is 16.5 Å². The maximum absolute atomic E-state index is 11.9. The van der Waals surface area contributed by atoms with Crippen molar-refractivity contribution < 1.29 is 4.79 Å². The van der Waals surface area contributed by atoms with Gasteiger partial charge in [-0.1, -0.05) is 12.1 Å². The van der Waals surface area contributed by atoms with Gasteiger partial charge in [0.05, 0.1) is 12.6 Å². The van der Waals surface area contributed by atoms with E-state index < -0.39 is 0 Å². The first-order valence-electron chi connectivity index (χ1n) is 6.06. The van der Waals surface area contributed by atoms with Crippen LogP contribution >= 0.6 is 0 Å². The van der Waals surface area contributed by atoms with Crippen LogP contribution in [0.15, 0.2) is 42.7 Å². The number of nitrogens with one attached hydrogen (secondary N) is 2. The van der Waals surface area contributed by atoms with Gasteiger partial charge in [0.15, 0.2) is 0 Å². The van der Waals surface area contributed by atoms with Gasteiger partial charge in [0.25, 0.3) is 0 Å². The Bertz CT molecular complexity index is 726. The third kappa shape index (κ3) is 2.35. The molecule has 5 nitrogen and oxygen atoms in total. The highest BCUT2D eigenvalue weighted by Crippen LogP contribution is 2.15. The summed E-state index contributed by atoms with van der Waals surface area (Å²) >= 11 is 0. The topological polar surface area (TPSA) is 62.7 Å². The number of benzene rings is 1. The zero-order chi connectivity index (χ0) is 13.2. The molecule has 0 saturated carbocycles. The number of fused-ring (bicyclic) bond motifs is 1. The highest BCUT2D eigenvalue weighted by atomic mass is 16.1. The van der Waals surface area contributed by atoms with Gasteiger partial charge in [-0.2, -0.15) is 5.10 Å². The molecule has 3 rings (SSSR count). The van der Waals surface area contributed by atoms with E-state index in [1.807, 2.05) is 30.5 Å². The van der Waals surface area contributed by atoms with Gasteiger partial charge < -0.3 is 10.3 Å². The predicted molar refractivity (Wildman–Crippen MR) is 73.8 cm³/mol. The quantitative estimate of drug-likeness (QED) is 0.751. The molecule has 1 aromatic carbocycles. The van der Waals surface area contributed by atoms with E-state index >= 15 is 0 Å². The molecule has 0 spiro atoms. The number of H-pyrrole nitrogens is 1. The molecular weight excluding hydrogens is 240 g/mol. The molecular formula is C14H14N4O. The van der Waals surface area contributed by atoms with Gasteiger partial charge in [-0.05, 0) is 23.1 Å². The highest BCUT2D eigenvalue weighted by Gasteiger charge is 2.07. The van der Waals surface area contributed by atoms with E-state index in [1.165, 1.54) is 0 Å². The van der Waals surface area contributed by atoms with Crippen molar-refractivity contribution in [3.63, 3.8) is 0 Å². The minimum absolute atomic E-state index is 0.0468. The molecule has 0 aliphatic heterocycles. The Morgan fingerprint density at radius 2 is 2.26 bits per heavy atom. The van der Waals surface area contributed by atoms with Crippen molar-refractivity contribution in [2.45, 2.75) is 6.42 Å². The summed E-state index contributed by atoms with van der Waals surface area (Å²) in [7, 11) is 1.79. The number of aryl methyl sites for hydroxylation is 1. The van der Waals surface area contributed by atoms with Crippen molar-refractivity contribution in [2.75, 3.05) is 5.32 Å². The van der Waals surface area contributed by atoms with Crippen molar-refractivity contribution in [1.29, 1.82) is 0 Å². The molecule has 5 heteroatoms. The first-order valence-corrected chi connectivity index (χ1v) is 6.06. The van der Waals surface area contributed by atoms with Gasteiger partial charge in [-0.3, -0.25) is 9.48 Å². The lowest BCUT2D eigenvalue weighted by atomic mass is 10.1. The molecule has 96 valence electrons. The summed E-state index contributed by atoms with van der Waals surface area (Å²) in [5.74, 6) is 0.653.